The van der Waals surface area contributed by atoms with Gasteiger partial charge in [0.1, 0.15) is 0 Å². The summed E-state index contributed by atoms with van der Waals surface area (Å²) in [6.07, 6.45) is 8.32. The van der Waals surface area contributed by atoms with Gasteiger partial charge in [0.2, 0.25) is 5.91 Å². The summed E-state index contributed by atoms with van der Waals surface area (Å²) in [6, 6.07) is 11.8. The van der Waals surface area contributed by atoms with Gasteiger partial charge >= 0.3 is 0 Å². The van der Waals surface area contributed by atoms with E-state index in [1.807, 2.05) is 42.6 Å². The third-order valence-electron chi connectivity index (χ3n) is 5.75. The zero-order valence-electron chi connectivity index (χ0n) is 17.5. The molecule has 3 aromatic rings. The van der Waals surface area contributed by atoms with Gasteiger partial charge in [0.15, 0.2) is 11.0 Å². The second-order valence-corrected chi connectivity index (χ2v) is 9.25. The van der Waals surface area contributed by atoms with E-state index in [1.165, 1.54) is 31.0 Å². The number of thioether (sulfide) groups is 1. The van der Waals surface area contributed by atoms with Crippen LogP contribution in [0, 0.1) is 5.92 Å². The van der Waals surface area contributed by atoms with Crippen LogP contribution in [-0.4, -0.2) is 31.4 Å². The Balaban J connectivity index is 1.49. The summed E-state index contributed by atoms with van der Waals surface area (Å²) in [7, 11) is 0. The number of benzene rings is 1. The first-order valence-corrected chi connectivity index (χ1v) is 12.0. The molecule has 8 heteroatoms. The fourth-order valence-electron chi connectivity index (χ4n) is 4.06. The maximum absolute atomic E-state index is 12.5. The third-order valence-corrected chi connectivity index (χ3v) is 7.06. The van der Waals surface area contributed by atoms with E-state index in [4.69, 9.17) is 11.6 Å². The summed E-state index contributed by atoms with van der Waals surface area (Å²) < 4.78 is 2.23. The molecule has 1 aliphatic rings. The zero-order valence-corrected chi connectivity index (χ0v) is 19.1. The van der Waals surface area contributed by atoms with E-state index < -0.39 is 0 Å². The molecule has 1 fully saturated rings. The third kappa shape index (κ3) is 5.28. The van der Waals surface area contributed by atoms with Gasteiger partial charge in [-0.15, -0.1) is 10.2 Å². The number of nitrogens with zero attached hydrogens (tertiary/aromatic N) is 4. The molecule has 1 aliphatic carbocycles. The first kappa shape index (κ1) is 21.8. The molecule has 1 aromatic carbocycles. The normalized spacial score (nSPS) is 18.6. The summed E-state index contributed by atoms with van der Waals surface area (Å²) in [5.41, 5.74) is 1.85. The van der Waals surface area contributed by atoms with E-state index in [0.29, 0.717) is 23.5 Å². The van der Waals surface area contributed by atoms with Crippen molar-refractivity contribution in [2.75, 3.05) is 5.75 Å². The molecule has 2 heterocycles. The number of carbonyl (C=O) groups is 1. The number of carbonyl (C=O) groups excluding carboxylic acids is 1. The van der Waals surface area contributed by atoms with Gasteiger partial charge in [0, 0.05) is 35.6 Å². The Labute approximate surface area is 191 Å². The van der Waals surface area contributed by atoms with Crippen LogP contribution in [-0.2, 0) is 11.3 Å². The summed E-state index contributed by atoms with van der Waals surface area (Å²) in [5.74, 6) is 1.58. The molecule has 2 unspecified atom stereocenters. The van der Waals surface area contributed by atoms with Crippen molar-refractivity contribution in [2.45, 2.75) is 50.4 Å². The van der Waals surface area contributed by atoms with Crippen LogP contribution in [0.3, 0.4) is 0 Å². The first-order valence-electron chi connectivity index (χ1n) is 10.6. The van der Waals surface area contributed by atoms with Gasteiger partial charge < -0.3 is 5.32 Å². The summed E-state index contributed by atoms with van der Waals surface area (Å²) >= 11 is 7.61. The highest BCUT2D eigenvalue weighted by molar-refractivity contribution is 7.99. The molecule has 31 heavy (non-hydrogen) atoms. The molecule has 2 aromatic heterocycles. The number of rotatable bonds is 7. The predicted octanol–water partition coefficient (Wildman–Crippen LogP) is 5.15. The van der Waals surface area contributed by atoms with E-state index in [-0.39, 0.29) is 11.7 Å². The Morgan fingerprint density at radius 2 is 2.03 bits per heavy atom. The largest absolute Gasteiger partial charge is 0.351 e. The number of hydrogen-bond donors (Lipinski definition) is 1. The summed E-state index contributed by atoms with van der Waals surface area (Å²) in [6.45, 7) is 2.70. The molecule has 0 bridgehead atoms. The average molecular weight is 456 g/mol. The molecular formula is C23H26ClN5OS. The smallest absolute Gasteiger partial charge is 0.230 e. The van der Waals surface area contributed by atoms with E-state index in [1.54, 1.807) is 6.20 Å². The number of nitrogens with one attached hydrogen (secondary N) is 1. The van der Waals surface area contributed by atoms with Crippen molar-refractivity contribution in [3.8, 4) is 11.4 Å². The second kappa shape index (κ2) is 10.3. The number of pyridine rings is 1. The Morgan fingerprint density at radius 3 is 2.81 bits per heavy atom. The van der Waals surface area contributed by atoms with Crippen molar-refractivity contribution in [1.29, 1.82) is 0 Å². The summed E-state index contributed by atoms with van der Waals surface area (Å²) in [4.78, 5) is 16.7. The van der Waals surface area contributed by atoms with Crippen molar-refractivity contribution in [2.24, 2.45) is 5.92 Å². The fourth-order valence-corrected chi connectivity index (χ4v) is 5.09. The van der Waals surface area contributed by atoms with Crippen molar-refractivity contribution in [3.63, 3.8) is 0 Å². The fraction of sp³-hybridized carbons (Fsp3) is 0.391. The highest BCUT2D eigenvalue weighted by Crippen LogP contribution is 2.38. The number of hydrogen-bond acceptors (Lipinski definition) is 5. The number of aromatic nitrogens is 4. The Morgan fingerprint density at radius 1 is 1.19 bits per heavy atom. The van der Waals surface area contributed by atoms with Crippen LogP contribution in [0.25, 0.3) is 11.4 Å². The van der Waals surface area contributed by atoms with Crippen molar-refractivity contribution < 1.29 is 4.79 Å². The quantitative estimate of drug-likeness (QED) is 0.498. The predicted molar refractivity (Wildman–Crippen MR) is 124 cm³/mol. The van der Waals surface area contributed by atoms with Gasteiger partial charge in [-0.3, -0.25) is 14.3 Å². The van der Waals surface area contributed by atoms with Crippen LogP contribution in [0.15, 0.2) is 53.9 Å². The molecule has 2 atom stereocenters. The first-order chi connectivity index (χ1) is 15.1. The highest BCUT2D eigenvalue weighted by atomic mass is 35.5. The van der Waals surface area contributed by atoms with Gasteiger partial charge in [0.25, 0.3) is 0 Å². The van der Waals surface area contributed by atoms with Gasteiger partial charge in [-0.05, 0) is 42.5 Å². The van der Waals surface area contributed by atoms with Gasteiger partial charge in [0.05, 0.1) is 5.75 Å². The lowest BCUT2D eigenvalue weighted by Crippen LogP contribution is -2.26. The minimum Gasteiger partial charge on any atom is -0.351 e. The van der Waals surface area contributed by atoms with Crippen molar-refractivity contribution >= 4 is 29.3 Å². The molecule has 6 nitrogen and oxygen atoms in total. The van der Waals surface area contributed by atoms with E-state index >= 15 is 0 Å². The van der Waals surface area contributed by atoms with Crippen LogP contribution in [0.2, 0.25) is 5.02 Å². The maximum atomic E-state index is 12.5. The molecular weight excluding hydrogens is 430 g/mol. The lowest BCUT2D eigenvalue weighted by molar-refractivity contribution is -0.118. The van der Waals surface area contributed by atoms with Crippen LogP contribution < -0.4 is 5.32 Å². The van der Waals surface area contributed by atoms with E-state index in [9.17, 15) is 4.79 Å². The molecule has 1 saturated carbocycles. The number of amides is 1. The Bertz CT molecular complexity index is 1030. The molecule has 1 N–H and O–H groups in total. The molecule has 4 rings (SSSR count). The SMILES string of the molecule is CC1CCCCC1n1c(SCC(=O)NCc2ccccc2Cl)nnc1-c1cccnc1. The van der Waals surface area contributed by atoms with Crippen molar-refractivity contribution in [1.82, 2.24) is 25.1 Å². The van der Waals surface area contributed by atoms with Crippen LogP contribution >= 0.6 is 23.4 Å². The lowest BCUT2D eigenvalue weighted by Gasteiger charge is -2.31. The lowest BCUT2D eigenvalue weighted by atomic mass is 9.85. The molecule has 0 saturated heterocycles. The molecule has 162 valence electrons. The molecule has 0 aliphatic heterocycles. The molecule has 0 spiro atoms. The number of halogens is 1. The average Bonchev–Trinajstić information content (AvgIpc) is 3.22. The Hall–Kier alpha value is -2.38. The van der Waals surface area contributed by atoms with Crippen LogP contribution in [0.1, 0.15) is 44.2 Å². The minimum absolute atomic E-state index is 0.0564. The summed E-state index contributed by atoms with van der Waals surface area (Å²) in [5, 5.41) is 13.3. The van der Waals surface area contributed by atoms with E-state index in [2.05, 4.69) is 32.0 Å². The Kier molecular flexibility index (Phi) is 7.25. The van der Waals surface area contributed by atoms with Gasteiger partial charge in [-0.25, -0.2) is 0 Å². The van der Waals surface area contributed by atoms with Crippen LogP contribution in [0.4, 0.5) is 0 Å². The van der Waals surface area contributed by atoms with Crippen molar-refractivity contribution in [3.05, 3.63) is 59.4 Å². The van der Waals surface area contributed by atoms with Crippen LogP contribution in [0.5, 0.6) is 0 Å². The van der Waals surface area contributed by atoms with Gasteiger partial charge in [-0.1, -0.05) is 61.3 Å². The standard InChI is InChI=1S/C23H26ClN5OS/c1-16-7-2-5-11-20(16)29-22(18-9-6-12-25-13-18)27-28-23(29)31-15-21(30)26-14-17-8-3-4-10-19(17)24/h3-4,6,8-10,12-13,16,20H,2,5,7,11,14-15H2,1H3,(H,26,30). The van der Waals surface area contributed by atoms with E-state index in [0.717, 1.165) is 28.5 Å². The van der Waals surface area contributed by atoms with Gasteiger partial charge in [-0.2, -0.15) is 0 Å². The second-order valence-electron chi connectivity index (χ2n) is 7.90. The zero-order chi connectivity index (χ0) is 21.6. The topological polar surface area (TPSA) is 72.7 Å². The molecule has 0 radical (unpaired) electrons. The molecule has 1 amide bonds. The maximum Gasteiger partial charge on any atom is 0.230 e. The monoisotopic (exact) mass is 455 g/mol. The minimum atomic E-state index is -0.0564. The highest BCUT2D eigenvalue weighted by Gasteiger charge is 2.29.